The minimum atomic E-state index is -3.65. The first-order valence-electron chi connectivity index (χ1n) is 7.37. The van der Waals surface area contributed by atoms with Gasteiger partial charge in [0.2, 0.25) is 10.0 Å². The number of nitrogens with one attached hydrogen (secondary N) is 1. The second-order valence-corrected chi connectivity index (χ2v) is 6.76. The molecule has 0 atom stereocenters. The summed E-state index contributed by atoms with van der Waals surface area (Å²) in [5.41, 5.74) is 0.490. The lowest BCUT2D eigenvalue weighted by atomic mass is 10.2. The Morgan fingerprint density at radius 1 is 0.880 bits per heavy atom. The molecule has 1 N–H and O–H groups in total. The average molecular weight is 363 g/mol. The van der Waals surface area contributed by atoms with Crippen molar-refractivity contribution in [1.29, 1.82) is 0 Å². The van der Waals surface area contributed by atoms with Crippen LogP contribution in [-0.2, 0) is 19.5 Å². The van der Waals surface area contributed by atoms with Crippen LogP contribution in [0, 0.1) is 0 Å². The molecule has 0 fully saturated rings. The fraction of sp³-hybridized carbons (Fsp3) is 0.176. The lowest BCUT2D eigenvalue weighted by Gasteiger charge is -2.08. The summed E-state index contributed by atoms with van der Waals surface area (Å²) >= 11 is 0. The van der Waals surface area contributed by atoms with Crippen LogP contribution in [0.4, 0.5) is 0 Å². The highest BCUT2D eigenvalue weighted by atomic mass is 32.2. The third-order valence-corrected chi connectivity index (χ3v) is 4.62. The molecule has 0 aliphatic rings. The van der Waals surface area contributed by atoms with Crippen LogP contribution in [0.1, 0.15) is 20.7 Å². The van der Waals surface area contributed by atoms with E-state index in [9.17, 15) is 18.0 Å². The zero-order chi connectivity index (χ0) is 18.3. The molecule has 0 amide bonds. The van der Waals surface area contributed by atoms with Crippen molar-refractivity contribution in [2.45, 2.75) is 4.90 Å². The molecule has 25 heavy (non-hydrogen) atoms. The quantitative estimate of drug-likeness (QED) is 0.593. The van der Waals surface area contributed by atoms with Crippen molar-refractivity contribution in [3.05, 3.63) is 65.7 Å². The van der Waals surface area contributed by atoms with E-state index in [2.05, 4.69) is 4.72 Å². The summed E-state index contributed by atoms with van der Waals surface area (Å²) < 4.78 is 35.6. The number of benzene rings is 2. The van der Waals surface area contributed by atoms with E-state index in [0.717, 1.165) is 0 Å². The smallest absolute Gasteiger partial charge is 0.338 e. The van der Waals surface area contributed by atoms with Crippen LogP contribution in [-0.4, -0.2) is 40.6 Å². The predicted octanol–water partition coefficient (Wildman–Crippen LogP) is 1.61. The van der Waals surface area contributed by atoms with E-state index in [4.69, 9.17) is 9.47 Å². The van der Waals surface area contributed by atoms with Gasteiger partial charge >= 0.3 is 11.9 Å². The molecule has 0 aromatic heterocycles. The molecule has 0 aliphatic heterocycles. The van der Waals surface area contributed by atoms with Crippen molar-refractivity contribution in [1.82, 2.24) is 4.72 Å². The summed E-state index contributed by atoms with van der Waals surface area (Å²) in [6, 6.07) is 13.9. The van der Waals surface area contributed by atoms with Gasteiger partial charge in [0, 0.05) is 0 Å². The molecule has 0 unspecified atom stereocenters. The summed E-state index contributed by atoms with van der Waals surface area (Å²) in [5.74, 6) is -1.22. The number of ether oxygens (including phenoxy) is 2. The van der Waals surface area contributed by atoms with E-state index in [1.165, 1.54) is 31.3 Å². The van der Waals surface area contributed by atoms with Gasteiger partial charge in [0.25, 0.3) is 0 Å². The number of carbonyl (C=O) groups excluding carboxylic acids is 2. The van der Waals surface area contributed by atoms with E-state index in [1.54, 1.807) is 30.3 Å². The van der Waals surface area contributed by atoms with Crippen molar-refractivity contribution in [3.8, 4) is 0 Å². The predicted molar refractivity (Wildman–Crippen MR) is 89.7 cm³/mol. The standard InChI is InChI=1S/C17H17NO6S/c1-18-25(21,22)15-9-5-8-14(12-15)17(20)24-11-10-23-16(19)13-6-3-2-4-7-13/h2-9,12,18H,10-11H2,1H3. The summed E-state index contributed by atoms with van der Waals surface area (Å²) in [5, 5.41) is 0. The molecule has 0 spiro atoms. The second kappa shape index (κ2) is 8.41. The average Bonchev–Trinajstić information content (AvgIpc) is 2.65. The van der Waals surface area contributed by atoms with Crippen LogP contribution in [0.25, 0.3) is 0 Å². The third-order valence-electron chi connectivity index (χ3n) is 3.21. The first-order chi connectivity index (χ1) is 11.9. The van der Waals surface area contributed by atoms with E-state index in [-0.39, 0.29) is 23.7 Å². The Labute approximate surface area is 145 Å². The molecule has 8 heteroatoms. The molecule has 0 aliphatic carbocycles. The summed E-state index contributed by atoms with van der Waals surface area (Å²) in [6.45, 7) is -0.242. The molecular weight excluding hydrogens is 346 g/mol. The Kier molecular flexibility index (Phi) is 6.26. The lowest BCUT2D eigenvalue weighted by Crippen LogP contribution is -2.19. The van der Waals surface area contributed by atoms with Crippen molar-refractivity contribution in [2.75, 3.05) is 20.3 Å². The number of sulfonamides is 1. The third kappa shape index (κ3) is 5.13. The Hall–Kier alpha value is -2.71. The van der Waals surface area contributed by atoms with Crippen LogP contribution in [0.15, 0.2) is 59.5 Å². The topological polar surface area (TPSA) is 98.8 Å². The maximum atomic E-state index is 11.9. The fourth-order valence-corrected chi connectivity index (χ4v) is 2.69. The Bertz CT molecular complexity index is 848. The Balaban J connectivity index is 1.87. The van der Waals surface area contributed by atoms with Gasteiger partial charge in [0.1, 0.15) is 13.2 Å². The van der Waals surface area contributed by atoms with Crippen molar-refractivity contribution >= 4 is 22.0 Å². The minimum Gasteiger partial charge on any atom is -0.458 e. The monoisotopic (exact) mass is 363 g/mol. The SMILES string of the molecule is CNS(=O)(=O)c1cccc(C(=O)OCCOC(=O)c2ccccc2)c1. The molecule has 2 rings (SSSR count). The van der Waals surface area contributed by atoms with Crippen LogP contribution in [0.5, 0.6) is 0 Å². The van der Waals surface area contributed by atoms with Gasteiger partial charge in [-0.1, -0.05) is 24.3 Å². The Morgan fingerprint density at radius 3 is 2.04 bits per heavy atom. The molecule has 2 aromatic carbocycles. The van der Waals surface area contributed by atoms with E-state index in [0.29, 0.717) is 5.56 Å². The van der Waals surface area contributed by atoms with E-state index in [1.807, 2.05) is 0 Å². The number of rotatable bonds is 7. The molecule has 132 valence electrons. The van der Waals surface area contributed by atoms with Crippen molar-refractivity contribution in [3.63, 3.8) is 0 Å². The van der Waals surface area contributed by atoms with E-state index < -0.39 is 22.0 Å². The fourth-order valence-electron chi connectivity index (χ4n) is 1.92. The van der Waals surface area contributed by atoms with Crippen molar-refractivity contribution in [2.24, 2.45) is 0 Å². The zero-order valence-corrected chi connectivity index (χ0v) is 14.3. The van der Waals surface area contributed by atoms with Gasteiger partial charge in [-0.2, -0.15) is 0 Å². The number of hydrogen-bond acceptors (Lipinski definition) is 6. The minimum absolute atomic E-state index is 0.0417. The molecule has 0 saturated heterocycles. The van der Waals surface area contributed by atoms with Gasteiger partial charge in [-0.3, -0.25) is 0 Å². The largest absolute Gasteiger partial charge is 0.458 e. The lowest BCUT2D eigenvalue weighted by molar-refractivity contribution is 0.0265. The molecule has 0 radical (unpaired) electrons. The van der Waals surface area contributed by atoms with Crippen LogP contribution in [0.3, 0.4) is 0 Å². The second-order valence-electron chi connectivity index (χ2n) is 4.87. The van der Waals surface area contributed by atoms with Gasteiger partial charge in [-0.05, 0) is 37.4 Å². The van der Waals surface area contributed by atoms with Crippen LogP contribution in [0.2, 0.25) is 0 Å². The first-order valence-corrected chi connectivity index (χ1v) is 8.85. The highest BCUT2D eigenvalue weighted by Gasteiger charge is 2.15. The van der Waals surface area contributed by atoms with E-state index >= 15 is 0 Å². The van der Waals surface area contributed by atoms with Gasteiger partial charge in [0.05, 0.1) is 16.0 Å². The molecule has 0 bridgehead atoms. The first kappa shape index (κ1) is 18.6. The summed E-state index contributed by atoms with van der Waals surface area (Å²) in [7, 11) is -2.37. The van der Waals surface area contributed by atoms with Crippen molar-refractivity contribution < 1.29 is 27.5 Å². The van der Waals surface area contributed by atoms with Gasteiger partial charge in [-0.25, -0.2) is 22.7 Å². The van der Waals surface area contributed by atoms with Crippen LogP contribution < -0.4 is 4.72 Å². The number of carbonyl (C=O) groups is 2. The molecule has 7 nitrogen and oxygen atoms in total. The van der Waals surface area contributed by atoms with Gasteiger partial charge in [-0.15, -0.1) is 0 Å². The molecule has 0 saturated carbocycles. The number of esters is 2. The highest BCUT2D eigenvalue weighted by Crippen LogP contribution is 2.12. The zero-order valence-electron chi connectivity index (χ0n) is 13.5. The van der Waals surface area contributed by atoms with Gasteiger partial charge < -0.3 is 9.47 Å². The molecular formula is C17H17NO6S. The van der Waals surface area contributed by atoms with Gasteiger partial charge in [0.15, 0.2) is 0 Å². The maximum Gasteiger partial charge on any atom is 0.338 e. The Morgan fingerprint density at radius 2 is 1.44 bits per heavy atom. The molecule has 0 heterocycles. The van der Waals surface area contributed by atoms with Crippen LogP contribution >= 0.6 is 0 Å². The maximum absolute atomic E-state index is 11.9. The molecule has 2 aromatic rings. The highest BCUT2D eigenvalue weighted by molar-refractivity contribution is 7.89. The number of hydrogen-bond donors (Lipinski definition) is 1. The summed E-state index contributed by atoms with van der Waals surface area (Å²) in [6.07, 6.45) is 0. The normalized spacial score (nSPS) is 10.9. The summed E-state index contributed by atoms with van der Waals surface area (Å²) in [4.78, 5) is 23.6.